The quantitative estimate of drug-likeness (QED) is 0.689. The molecule has 1 atom stereocenters. The SMILES string of the molecule is Cc1ccc(C(=O)CCC(=O)NC(C)CCCC(C)C)s1. The minimum atomic E-state index is -0.0197. The molecule has 4 heteroatoms. The van der Waals surface area contributed by atoms with Crippen LogP contribution in [0.15, 0.2) is 12.1 Å². The van der Waals surface area contributed by atoms with E-state index in [-0.39, 0.29) is 24.2 Å². The average Bonchev–Trinajstić information content (AvgIpc) is 2.82. The maximum Gasteiger partial charge on any atom is 0.220 e. The molecule has 0 aliphatic rings. The predicted molar refractivity (Wildman–Crippen MR) is 88.9 cm³/mol. The molecule has 1 aromatic rings. The number of hydrogen-bond acceptors (Lipinski definition) is 3. The van der Waals surface area contributed by atoms with E-state index in [2.05, 4.69) is 19.2 Å². The number of ketones is 1. The van der Waals surface area contributed by atoms with Crippen molar-refractivity contribution in [2.24, 2.45) is 5.92 Å². The second-order valence-corrected chi connectivity index (χ2v) is 7.41. The van der Waals surface area contributed by atoms with Gasteiger partial charge >= 0.3 is 0 Å². The zero-order chi connectivity index (χ0) is 15.8. The Morgan fingerprint density at radius 2 is 1.86 bits per heavy atom. The van der Waals surface area contributed by atoms with Crippen LogP contribution in [0.1, 0.15) is 67.4 Å². The summed E-state index contributed by atoms with van der Waals surface area (Å²) in [6.07, 6.45) is 3.90. The molecule has 118 valence electrons. The predicted octanol–water partition coefficient (Wildman–Crippen LogP) is 4.35. The second-order valence-electron chi connectivity index (χ2n) is 6.13. The Morgan fingerprint density at radius 1 is 1.14 bits per heavy atom. The van der Waals surface area contributed by atoms with E-state index < -0.39 is 0 Å². The Bertz CT molecular complexity index is 465. The van der Waals surface area contributed by atoms with Crippen molar-refractivity contribution in [1.29, 1.82) is 0 Å². The fraction of sp³-hybridized carbons (Fsp3) is 0.647. The number of hydrogen-bond donors (Lipinski definition) is 1. The fourth-order valence-corrected chi connectivity index (χ4v) is 3.02. The Hall–Kier alpha value is -1.16. The van der Waals surface area contributed by atoms with E-state index in [0.29, 0.717) is 12.3 Å². The highest BCUT2D eigenvalue weighted by Gasteiger charge is 2.12. The van der Waals surface area contributed by atoms with Gasteiger partial charge in [-0.15, -0.1) is 11.3 Å². The summed E-state index contributed by atoms with van der Waals surface area (Å²) < 4.78 is 0. The first-order valence-corrected chi connectivity index (χ1v) is 8.59. The van der Waals surface area contributed by atoms with Crippen molar-refractivity contribution in [1.82, 2.24) is 5.32 Å². The lowest BCUT2D eigenvalue weighted by Crippen LogP contribution is -2.32. The summed E-state index contributed by atoms with van der Waals surface area (Å²) >= 11 is 1.49. The zero-order valence-electron chi connectivity index (χ0n) is 13.6. The Morgan fingerprint density at radius 3 is 2.43 bits per heavy atom. The Balaban J connectivity index is 2.23. The first-order valence-electron chi connectivity index (χ1n) is 7.77. The number of amides is 1. The van der Waals surface area contributed by atoms with Crippen molar-refractivity contribution in [2.45, 2.75) is 65.8 Å². The van der Waals surface area contributed by atoms with Gasteiger partial charge in [-0.2, -0.15) is 0 Å². The lowest BCUT2D eigenvalue weighted by molar-refractivity contribution is -0.121. The zero-order valence-corrected chi connectivity index (χ0v) is 14.4. The van der Waals surface area contributed by atoms with Gasteiger partial charge < -0.3 is 5.32 Å². The number of thiophene rings is 1. The normalized spacial score (nSPS) is 12.4. The molecule has 21 heavy (non-hydrogen) atoms. The van der Waals surface area contributed by atoms with Crippen LogP contribution in [0.25, 0.3) is 0 Å². The molecule has 1 rings (SSSR count). The largest absolute Gasteiger partial charge is 0.354 e. The molecule has 1 amide bonds. The van der Waals surface area contributed by atoms with Crippen LogP contribution < -0.4 is 5.32 Å². The molecule has 0 saturated carbocycles. The number of Topliss-reactive ketones (excluding diaryl/α,β-unsaturated/α-hetero) is 1. The average molecular weight is 309 g/mol. The van der Waals surface area contributed by atoms with Crippen LogP contribution in [0, 0.1) is 12.8 Å². The lowest BCUT2D eigenvalue weighted by atomic mass is 10.0. The van der Waals surface area contributed by atoms with Crippen LogP contribution in [-0.2, 0) is 4.79 Å². The summed E-state index contributed by atoms with van der Waals surface area (Å²) in [6.45, 7) is 8.43. The molecule has 1 heterocycles. The highest BCUT2D eigenvalue weighted by atomic mass is 32.1. The summed E-state index contributed by atoms with van der Waals surface area (Å²) in [5.74, 6) is 0.754. The molecule has 1 unspecified atom stereocenters. The van der Waals surface area contributed by atoms with Gasteiger partial charge in [0.2, 0.25) is 5.91 Å². The van der Waals surface area contributed by atoms with Gasteiger partial charge in [0, 0.05) is 23.8 Å². The number of nitrogens with one attached hydrogen (secondary N) is 1. The van der Waals surface area contributed by atoms with Gasteiger partial charge in [-0.1, -0.05) is 26.7 Å². The summed E-state index contributed by atoms with van der Waals surface area (Å²) in [4.78, 5) is 25.6. The van der Waals surface area contributed by atoms with Crippen molar-refractivity contribution >= 4 is 23.0 Å². The molecular weight excluding hydrogens is 282 g/mol. The van der Waals surface area contributed by atoms with Gasteiger partial charge in [0.15, 0.2) is 5.78 Å². The van der Waals surface area contributed by atoms with E-state index in [1.807, 2.05) is 26.0 Å². The van der Waals surface area contributed by atoms with Gasteiger partial charge in [0.25, 0.3) is 0 Å². The molecular formula is C17H27NO2S. The highest BCUT2D eigenvalue weighted by Crippen LogP contribution is 2.17. The summed E-state index contributed by atoms with van der Waals surface area (Å²) in [5, 5.41) is 2.98. The number of aryl methyl sites for hydroxylation is 1. The topological polar surface area (TPSA) is 46.2 Å². The fourth-order valence-electron chi connectivity index (χ4n) is 2.19. The minimum Gasteiger partial charge on any atom is -0.354 e. The van der Waals surface area contributed by atoms with Gasteiger partial charge in [0.05, 0.1) is 4.88 Å². The van der Waals surface area contributed by atoms with Crippen molar-refractivity contribution in [3.8, 4) is 0 Å². The minimum absolute atomic E-state index is 0.0197. The van der Waals surface area contributed by atoms with Crippen LogP contribution in [0.2, 0.25) is 0 Å². The standard InChI is InChI=1S/C17H27NO2S/c1-12(2)6-5-7-13(3)18-17(20)11-9-15(19)16-10-8-14(4)21-16/h8,10,12-13H,5-7,9,11H2,1-4H3,(H,18,20). The van der Waals surface area contributed by atoms with Crippen LogP contribution in [0.4, 0.5) is 0 Å². The van der Waals surface area contributed by atoms with E-state index in [1.54, 1.807) is 0 Å². The van der Waals surface area contributed by atoms with Gasteiger partial charge in [0.1, 0.15) is 0 Å². The smallest absolute Gasteiger partial charge is 0.220 e. The highest BCUT2D eigenvalue weighted by molar-refractivity contribution is 7.14. The van der Waals surface area contributed by atoms with E-state index in [4.69, 9.17) is 0 Å². The monoisotopic (exact) mass is 309 g/mol. The lowest BCUT2D eigenvalue weighted by Gasteiger charge is -2.14. The molecule has 1 N–H and O–H groups in total. The van der Waals surface area contributed by atoms with Crippen molar-refractivity contribution in [2.75, 3.05) is 0 Å². The molecule has 3 nitrogen and oxygen atoms in total. The van der Waals surface area contributed by atoms with Crippen molar-refractivity contribution in [3.63, 3.8) is 0 Å². The summed E-state index contributed by atoms with van der Waals surface area (Å²) in [6, 6.07) is 3.97. The van der Waals surface area contributed by atoms with Crippen LogP contribution in [-0.4, -0.2) is 17.7 Å². The number of carbonyl (C=O) groups is 2. The molecule has 0 radical (unpaired) electrons. The third-order valence-electron chi connectivity index (χ3n) is 3.42. The molecule has 0 aromatic carbocycles. The third kappa shape index (κ3) is 7.42. The number of rotatable bonds is 9. The van der Waals surface area contributed by atoms with E-state index in [9.17, 15) is 9.59 Å². The van der Waals surface area contributed by atoms with Gasteiger partial charge in [-0.05, 0) is 38.3 Å². The van der Waals surface area contributed by atoms with Gasteiger partial charge in [-0.25, -0.2) is 0 Å². The molecule has 0 fully saturated rings. The third-order valence-corrected chi connectivity index (χ3v) is 4.46. The first kappa shape index (κ1) is 17.9. The van der Waals surface area contributed by atoms with Crippen LogP contribution >= 0.6 is 11.3 Å². The van der Waals surface area contributed by atoms with Gasteiger partial charge in [-0.3, -0.25) is 9.59 Å². The number of carbonyl (C=O) groups excluding carboxylic acids is 2. The van der Waals surface area contributed by atoms with Crippen molar-refractivity contribution in [3.05, 3.63) is 21.9 Å². The molecule has 1 aromatic heterocycles. The molecule has 0 spiro atoms. The van der Waals surface area contributed by atoms with E-state index >= 15 is 0 Å². The molecule has 0 bridgehead atoms. The first-order chi connectivity index (χ1) is 9.88. The summed E-state index contributed by atoms with van der Waals surface area (Å²) in [5.41, 5.74) is 0. The van der Waals surface area contributed by atoms with Crippen molar-refractivity contribution < 1.29 is 9.59 Å². The Labute approximate surface area is 132 Å². The maximum absolute atomic E-state index is 11.9. The molecule has 0 aliphatic heterocycles. The Kier molecular flexibility index (Phi) is 7.65. The van der Waals surface area contributed by atoms with Crippen LogP contribution in [0.5, 0.6) is 0 Å². The molecule has 0 aliphatic carbocycles. The maximum atomic E-state index is 11.9. The summed E-state index contributed by atoms with van der Waals surface area (Å²) in [7, 11) is 0. The molecule has 0 saturated heterocycles. The second kappa shape index (κ2) is 8.98. The van der Waals surface area contributed by atoms with Crippen LogP contribution in [0.3, 0.4) is 0 Å². The van der Waals surface area contributed by atoms with E-state index in [1.165, 1.54) is 17.8 Å². The van der Waals surface area contributed by atoms with E-state index in [0.717, 1.165) is 22.6 Å².